The zero-order chi connectivity index (χ0) is 20.6. The summed E-state index contributed by atoms with van der Waals surface area (Å²) in [6.07, 6.45) is 3.51. The first-order valence-corrected chi connectivity index (χ1v) is 9.26. The van der Waals surface area contributed by atoms with E-state index in [1.807, 2.05) is 30.5 Å². The number of hydrogen-bond acceptors (Lipinski definition) is 5. The fraction of sp³-hybridized carbons (Fsp3) is 0.227. The van der Waals surface area contributed by atoms with E-state index in [0.29, 0.717) is 12.1 Å². The first kappa shape index (κ1) is 20.1. The van der Waals surface area contributed by atoms with E-state index in [4.69, 9.17) is 4.74 Å². The highest BCUT2D eigenvalue weighted by Crippen LogP contribution is 2.19. The number of aromatic nitrogens is 1. The number of rotatable bonds is 8. The zero-order valence-electron chi connectivity index (χ0n) is 16.1. The molecular weight excluding hydrogens is 372 g/mol. The van der Waals surface area contributed by atoms with Crippen molar-refractivity contribution in [2.45, 2.75) is 19.3 Å². The number of benzene rings is 2. The number of amides is 1. The summed E-state index contributed by atoms with van der Waals surface area (Å²) < 4.78 is 9.72. The van der Waals surface area contributed by atoms with Crippen LogP contribution in [0.5, 0.6) is 0 Å². The lowest BCUT2D eigenvalue weighted by molar-refractivity contribution is -0.147. The molecule has 0 saturated carbocycles. The molecule has 0 saturated heterocycles. The molecule has 0 fully saturated rings. The molecule has 0 unspecified atom stereocenters. The van der Waals surface area contributed by atoms with Crippen molar-refractivity contribution >= 4 is 34.4 Å². The molecule has 2 aromatic carbocycles. The van der Waals surface area contributed by atoms with Crippen LogP contribution in [0, 0.1) is 0 Å². The van der Waals surface area contributed by atoms with Gasteiger partial charge in [0.15, 0.2) is 6.61 Å². The van der Waals surface area contributed by atoms with E-state index < -0.39 is 24.5 Å². The molecule has 0 spiro atoms. The Labute approximate surface area is 168 Å². The Morgan fingerprint density at radius 2 is 1.79 bits per heavy atom. The number of carbonyl (C=O) groups is 3. The van der Waals surface area contributed by atoms with Crippen LogP contribution in [-0.4, -0.2) is 36.5 Å². The van der Waals surface area contributed by atoms with Gasteiger partial charge in [-0.3, -0.25) is 9.59 Å². The van der Waals surface area contributed by atoms with Gasteiger partial charge in [0, 0.05) is 23.5 Å². The minimum Gasteiger partial charge on any atom is -0.465 e. The Kier molecular flexibility index (Phi) is 6.63. The lowest BCUT2D eigenvalue weighted by atomic mass is 10.1. The molecule has 29 heavy (non-hydrogen) atoms. The molecule has 0 atom stereocenters. The van der Waals surface area contributed by atoms with Crippen molar-refractivity contribution in [1.29, 1.82) is 0 Å². The molecular formula is C22H22N2O5. The second kappa shape index (κ2) is 9.54. The van der Waals surface area contributed by atoms with Gasteiger partial charge in [0.25, 0.3) is 5.91 Å². The predicted octanol–water partition coefficient (Wildman–Crippen LogP) is 3.46. The van der Waals surface area contributed by atoms with Crippen molar-refractivity contribution in [2.24, 2.45) is 0 Å². The summed E-state index contributed by atoms with van der Waals surface area (Å²) in [4.78, 5) is 38.9. The fourth-order valence-corrected chi connectivity index (χ4v) is 3.05. The minimum absolute atomic E-state index is 0.214. The van der Waals surface area contributed by atoms with E-state index in [-0.39, 0.29) is 12.0 Å². The smallest absolute Gasteiger partial charge is 0.339 e. The number of hydrogen-bond donors (Lipinski definition) is 2. The van der Waals surface area contributed by atoms with Crippen LogP contribution in [-0.2, 0) is 25.5 Å². The Morgan fingerprint density at radius 1 is 1.03 bits per heavy atom. The number of fused-ring (bicyclic) bond motifs is 1. The van der Waals surface area contributed by atoms with Gasteiger partial charge in [-0.15, -0.1) is 0 Å². The molecule has 7 heteroatoms. The second-order valence-electron chi connectivity index (χ2n) is 6.46. The van der Waals surface area contributed by atoms with E-state index in [1.165, 1.54) is 13.2 Å². The molecule has 7 nitrogen and oxygen atoms in total. The number of carbonyl (C=O) groups excluding carboxylic acids is 3. The quantitative estimate of drug-likeness (QED) is 0.570. The highest BCUT2D eigenvalue weighted by Gasteiger charge is 2.14. The minimum atomic E-state index is -0.560. The number of ether oxygens (including phenoxy) is 2. The summed E-state index contributed by atoms with van der Waals surface area (Å²) >= 11 is 0. The van der Waals surface area contributed by atoms with Crippen molar-refractivity contribution in [3.8, 4) is 0 Å². The SMILES string of the molecule is COC(=O)c1ccccc1NC(=O)COC(=O)CCCc1c[nH]c2ccccc12. The average Bonchev–Trinajstić information content (AvgIpc) is 3.15. The molecule has 1 heterocycles. The van der Waals surface area contributed by atoms with E-state index in [0.717, 1.165) is 22.9 Å². The third kappa shape index (κ3) is 5.22. The molecule has 1 amide bonds. The Bertz CT molecular complexity index is 1020. The van der Waals surface area contributed by atoms with E-state index in [1.54, 1.807) is 18.2 Å². The lowest BCUT2D eigenvalue weighted by Crippen LogP contribution is -2.22. The maximum atomic E-state index is 12.0. The van der Waals surface area contributed by atoms with Gasteiger partial charge in [-0.05, 0) is 36.6 Å². The summed E-state index contributed by atoms with van der Waals surface area (Å²) in [6, 6.07) is 14.4. The topological polar surface area (TPSA) is 97.5 Å². The first-order valence-electron chi connectivity index (χ1n) is 9.26. The third-order valence-corrected chi connectivity index (χ3v) is 4.47. The van der Waals surface area contributed by atoms with Crippen molar-refractivity contribution in [3.05, 3.63) is 65.9 Å². The van der Waals surface area contributed by atoms with Crippen molar-refractivity contribution in [1.82, 2.24) is 4.98 Å². The summed E-state index contributed by atoms with van der Waals surface area (Å²) in [6.45, 7) is -0.415. The largest absolute Gasteiger partial charge is 0.465 e. The average molecular weight is 394 g/mol. The lowest BCUT2D eigenvalue weighted by Gasteiger charge is -2.10. The number of H-pyrrole nitrogens is 1. The van der Waals surface area contributed by atoms with Crippen LogP contribution < -0.4 is 5.32 Å². The molecule has 3 aromatic rings. The van der Waals surface area contributed by atoms with Crippen molar-refractivity contribution in [2.75, 3.05) is 19.0 Å². The Morgan fingerprint density at radius 3 is 2.62 bits per heavy atom. The van der Waals surface area contributed by atoms with Gasteiger partial charge in [-0.25, -0.2) is 4.79 Å². The fourth-order valence-electron chi connectivity index (χ4n) is 3.05. The number of para-hydroxylation sites is 2. The van der Waals surface area contributed by atoms with Crippen LogP contribution in [0.2, 0.25) is 0 Å². The van der Waals surface area contributed by atoms with Gasteiger partial charge in [0.05, 0.1) is 18.4 Å². The molecule has 3 rings (SSSR count). The Hall–Kier alpha value is -3.61. The first-order chi connectivity index (χ1) is 14.1. The van der Waals surface area contributed by atoms with Crippen LogP contribution in [0.1, 0.15) is 28.8 Å². The van der Waals surface area contributed by atoms with Crippen LogP contribution in [0.15, 0.2) is 54.7 Å². The summed E-state index contributed by atoms with van der Waals surface area (Å²) in [5, 5.41) is 3.70. The Balaban J connectivity index is 1.44. The maximum absolute atomic E-state index is 12.0. The zero-order valence-corrected chi connectivity index (χ0v) is 16.1. The molecule has 0 aliphatic rings. The van der Waals surface area contributed by atoms with Crippen LogP contribution in [0.4, 0.5) is 5.69 Å². The normalized spacial score (nSPS) is 10.5. The summed E-state index contributed by atoms with van der Waals surface area (Å²) in [5.74, 6) is -1.53. The molecule has 0 bridgehead atoms. The number of methoxy groups -OCH3 is 1. The number of esters is 2. The van der Waals surface area contributed by atoms with Crippen molar-refractivity contribution < 1.29 is 23.9 Å². The van der Waals surface area contributed by atoms with Gasteiger partial charge in [0.1, 0.15) is 0 Å². The predicted molar refractivity (Wildman–Crippen MR) is 109 cm³/mol. The van der Waals surface area contributed by atoms with Gasteiger partial charge in [0.2, 0.25) is 0 Å². The maximum Gasteiger partial charge on any atom is 0.339 e. The highest BCUT2D eigenvalue weighted by atomic mass is 16.5. The van der Waals surface area contributed by atoms with E-state index >= 15 is 0 Å². The molecule has 0 aliphatic heterocycles. The van der Waals surface area contributed by atoms with Crippen LogP contribution in [0.25, 0.3) is 10.9 Å². The number of aromatic amines is 1. The van der Waals surface area contributed by atoms with E-state index in [9.17, 15) is 14.4 Å². The number of aryl methyl sites for hydroxylation is 1. The molecule has 0 aliphatic carbocycles. The number of anilines is 1. The summed E-state index contributed by atoms with van der Waals surface area (Å²) in [7, 11) is 1.26. The highest BCUT2D eigenvalue weighted by molar-refractivity contribution is 6.01. The molecule has 0 radical (unpaired) electrons. The molecule has 2 N–H and O–H groups in total. The second-order valence-corrected chi connectivity index (χ2v) is 6.46. The summed E-state index contributed by atoms with van der Waals surface area (Å²) in [5.41, 5.74) is 2.74. The van der Waals surface area contributed by atoms with Gasteiger partial charge in [-0.2, -0.15) is 0 Å². The van der Waals surface area contributed by atoms with Crippen LogP contribution in [0.3, 0.4) is 0 Å². The van der Waals surface area contributed by atoms with Gasteiger partial charge >= 0.3 is 11.9 Å². The van der Waals surface area contributed by atoms with Gasteiger partial charge < -0.3 is 19.8 Å². The van der Waals surface area contributed by atoms with E-state index in [2.05, 4.69) is 15.0 Å². The molecule has 1 aromatic heterocycles. The standard InChI is InChI=1S/C22H22N2O5/c1-28-22(27)17-9-3-5-11-19(17)24-20(25)14-29-21(26)12-6-7-15-13-23-18-10-4-2-8-16(15)18/h2-5,8-11,13,23H,6-7,12,14H2,1H3,(H,24,25). The van der Waals surface area contributed by atoms with Gasteiger partial charge in [-0.1, -0.05) is 30.3 Å². The molecule has 150 valence electrons. The monoisotopic (exact) mass is 394 g/mol. The number of nitrogens with one attached hydrogen (secondary N) is 2. The van der Waals surface area contributed by atoms with Crippen molar-refractivity contribution in [3.63, 3.8) is 0 Å². The third-order valence-electron chi connectivity index (χ3n) is 4.47. The van der Waals surface area contributed by atoms with Crippen LogP contribution >= 0.6 is 0 Å².